The van der Waals surface area contributed by atoms with Crippen LogP contribution < -0.4 is 4.74 Å². The third kappa shape index (κ3) is 4.88. The van der Waals surface area contributed by atoms with Crippen LogP contribution in [0.15, 0.2) is 30.4 Å². The maximum atomic E-state index is 11.4. The van der Waals surface area contributed by atoms with Crippen molar-refractivity contribution in [1.29, 1.82) is 0 Å². The van der Waals surface area contributed by atoms with E-state index in [1.54, 1.807) is 13.0 Å². The van der Waals surface area contributed by atoms with Gasteiger partial charge in [-0.05, 0) is 31.2 Å². The summed E-state index contributed by atoms with van der Waals surface area (Å²) in [6.07, 6.45) is 5.66. The van der Waals surface area contributed by atoms with Crippen molar-refractivity contribution in [3.8, 4) is 17.6 Å². The summed E-state index contributed by atoms with van der Waals surface area (Å²) in [6.45, 7) is 3.77. The average Bonchev–Trinajstić information content (AvgIpc) is 3.25. The first kappa shape index (κ1) is 22.4. The number of ether oxygens (including phenoxy) is 2. The van der Waals surface area contributed by atoms with Gasteiger partial charge in [-0.1, -0.05) is 37.3 Å². The average molecular weight is 413 g/mol. The number of hydrogen-bond acceptors (Lipinski definition) is 5. The predicted octanol–water partition coefficient (Wildman–Crippen LogP) is 3.37. The lowest BCUT2D eigenvalue weighted by molar-refractivity contribution is -0.140. The fourth-order valence-corrected chi connectivity index (χ4v) is 4.51. The number of esters is 1. The van der Waals surface area contributed by atoms with Gasteiger partial charge in [0.2, 0.25) is 0 Å². The van der Waals surface area contributed by atoms with E-state index in [4.69, 9.17) is 9.47 Å². The van der Waals surface area contributed by atoms with Gasteiger partial charge < -0.3 is 19.7 Å². The molecule has 2 aliphatic rings. The fraction of sp³-hybridized carbons (Fsp3) is 0.560. The van der Waals surface area contributed by atoms with Crippen molar-refractivity contribution >= 4 is 5.97 Å². The second-order valence-electron chi connectivity index (χ2n) is 8.31. The van der Waals surface area contributed by atoms with Gasteiger partial charge in [0, 0.05) is 36.7 Å². The van der Waals surface area contributed by atoms with E-state index >= 15 is 0 Å². The van der Waals surface area contributed by atoms with E-state index in [0.29, 0.717) is 25.7 Å². The Labute approximate surface area is 179 Å². The van der Waals surface area contributed by atoms with Gasteiger partial charge in [-0.15, -0.1) is 11.8 Å². The van der Waals surface area contributed by atoms with Crippen molar-refractivity contribution in [3.63, 3.8) is 0 Å². The fourth-order valence-electron chi connectivity index (χ4n) is 4.51. The van der Waals surface area contributed by atoms with Crippen molar-refractivity contribution in [3.05, 3.63) is 41.5 Å². The summed E-state index contributed by atoms with van der Waals surface area (Å²) in [4.78, 5) is 11.4. The number of hydrogen-bond donors (Lipinski definition) is 2. The molecule has 6 atom stereocenters. The minimum absolute atomic E-state index is 0.0385. The first-order chi connectivity index (χ1) is 14.5. The van der Waals surface area contributed by atoms with E-state index in [0.717, 1.165) is 23.3 Å². The zero-order chi connectivity index (χ0) is 21.7. The molecule has 0 amide bonds. The molecule has 2 N–H and O–H groups in total. The highest BCUT2D eigenvalue weighted by atomic mass is 16.5. The molecule has 1 heterocycles. The summed E-state index contributed by atoms with van der Waals surface area (Å²) >= 11 is 0. The van der Waals surface area contributed by atoms with Crippen molar-refractivity contribution in [1.82, 2.24) is 0 Å². The molecule has 0 saturated heterocycles. The molecule has 1 aliphatic heterocycles. The Kier molecular flexibility index (Phi) is 7.58. The summed E-state index contributed by atoms with van der Waals surface area (Å²) in [5.41, 5.74) is 2.20. The van der Waals surface area contributed by atoms with Gasteiger partial charge in [-0.3, -0.25) is 4.79 Å². The van der Waals surface area contributed by atoms with E-state index in [2.05, 4.69) is 17.9 Å². The number of carbonyl (C=O) groups is 1. The van der Waals surface area contributed by atoms with Crippen molar-refractivity contribution < 1.29 is 24.5 Å². The summed E-state index contributed by atoms with van der Waals surface area (Å²) in [5, 5.41) is 21.1. The molecule has 5 heteroatoms. The number of methoxy groups -OCH3 is 1. The van der Waals surface area contributed by atoms with E-state index in [1.165, 1.54) is 7.11 Å². The Bertz CT molecular complexity index is 834. The Morgan fingerprint density at radius 1 is 1.43 bits per heavy atom. The number of carbonyl (C=O) groups excluding carboxylic acids is 1. The van der Waals surface area contributed by atoms with Gasteiger partial charge in [-0.25, -0.2) is 0 Å². The first-order valence-corrected chi connectivity index (χ1v) is 10.8. The van der Waals surface area contributed by atoms with Gasteiger partial charge in [0.05, 0.1) is 19.3 Å². The number of rotatable bonds is 8. The van der Waals surface area contributed by atoms with Crippen LogP contribution in [0.2, 0.25) is 0 Å². The summed E-state index contributed by atoms with van der Waals surface area (Å²) in [6, 6.07) is 6.13. The monoisotopic (exact) mass is 412 g/mol. The molecular weight excluding hydrogens is 380 g/mol. The summed E-state index contributed by atoms with van der Waals surface area (Å²) in [7, 11) is 1.40. The van der Waals surface area contributed by atoms with E-state index in [1.807, 2.05) is 25.1 Å². The zero-order valence-electron chi connectivity index (χ0n) is 18.0. The third-order valence-electron chi connectivity index (χ3n) is 6.26. The molecular formula is C25H32O5. The maximum absolute atomic E-state index is 11.4. The standard InChI is InChI=1S/C25H32O5/c1-4-5-8-16(2)20(26)14-13-18-21(27)15-22-24(18)19-11-6-9-17(25(19)30-22)10-7-12-23(28)29-3/h6,9,11,13-14,16,18,20-22,24,26-27H,7-8,10,12,15H2,1-3H3. The third-order valence-corrected chi connectivity index (χ3v) is 6.26. The number of aryl methyl sites for hydroxylation is 1. The maximum Gasteiger partial charge on any atom is 0.305 e. The second-order valence-corrected chi connectivity index (χ2v) is 8.31. The zero-order valence-corrected chi connectivity index (χ0v) is 18.0. The SMILES string of the molecule is CC#CCC(C)C(O)C=CC1C(O)CC2Oc3c(CCCC(=O)OC)cccc3C21. The highest BCUT2D eigenvalue weighted by Crippen LogP contribution is 2.52. The van der Waals surface area contributed by atoms with Crippen molar-refractivity contribution in [2.45, 2.75) is 70.2 Å². The number of aliphatic hydroxyl groups is 2. The molecule has 1 aromatic carbocycles. The van der Waals surface area contributed by atoms with Crippen LogP contribution in [-0.4, -0.2) is 41.6 Å². The largest absolute Gasteiger partial charge is 0.489 e. The Morgan fingerprint density at radius 2 is 2.23 bits per heavy atom. The molecule has 1 fully saturated rings. The molecule has 0 spiro atoms. The predicted molar refractivity (Wildman–Crippen MR) is 115 cm³/mol. The molecule has 1 aromatic rings. The second kappa shape index (κ2) is 10.1. The van der Waals surface area contributed by atoms with Gasteiger partial charge in [0.1, 0.15) is 11.9 Å². The Hall–Kier alpha value is -2.29. The molecule has 0 bridgehead atoms. The van der Waals surface area contributed by atoms with Crippen LogP contribution in [0, 0.1) is 23.7 Å². The van der Waals surface area contributed by atoms with Crippen molar-refractivity contribution in [2.75, 3.05) is 7.11 Å². The topological polar surface area (TPSA) is 76.0 Å². The molecule has 5 nitrogen and oxygen atoms in total. The van der Waals surface area contributed by atoms with E-state index in [9.17, 15) is 15.0 Å². The summed E-state index contributed by atoms with van der Waals surface area (Å²) < 4.78 is 11.0. The quantitative estimate of drug-likeness (QED) is 0.389. The smallest absolute Gasteiger partial charge is 0.305 e. The lowest BCUT2D eigenvalue weighted by Gasteiger charge is -2.19. The lowest BCUT2D eigenvalue weighted by atomic mass is 9.86. The van der Waals surface area contributed by atoms with Crippen LogP contribution in [0.25, 0.3) is 0 Å². The normalized spacial score (nSPS) is 26.3. The number of aliphatic hydroxyl groups excluding tert-OH is 2. The van der Waals surface area contributed by atoms with Crippen molar-refractivity contribution in [2.24, 2.45) is 11.8 Å². The van der Waals surface area contributed by atoms with Gasteiger partial charge in [0.15, 0.2) is 0 Å². The van der Waals surface area contributed by atoms with Crippen LogP contribution in [-0.2, 0) is 16.0 Å². The van der Waals surface area contributed by atoms with Crippen LogP contribution in [0.4, 0.5) is 0 Å². The van der Waals surface area contributed by atoms with E-state index < -0.39 is 12.2 Å². The van der Waals surface area contributed by atoms with Crippen LogP contribution in [0.5, 0.6) is 5.75 Å². The molecule has 162 valence electrons. The molecule has 30 heavy (non-hydrogen) atoms. The molecule has 1 saturated carbocycles. The Morgan fingerprint density at radius 3 is 2.97 bits per heavy atom. The molecule has 0 radical (unpaired) electrons. The lowest BCUT2D eigenvalue weighted by Crippen LogP contribution is -2.19. The van der Waals surface area contributed by atoms with Gasteiger partial charge in [-0.2, -0.15) is 0 Å². The van der Waals surface area contributed by atoms with Crippen LogP contribution in [0.3, 0.4) is 0 Å². The van der Waals surface area contributed by atoms with Crippen LogP contribution >= 0.6 is 0 Å². The number of fused-ring (bicyclic) bond motifs is 3. The molecule has 6 unspecified atom stereocenters. The minimum atomic E-state index is -0.594. The Balaban J connectivity index is 1.73. The molecule has 1 aliphatic carbocycles. The van der Waals surface area contributed by atoms with Crippen LogP contribution in [0.1, 0.15) is 56.6 Å². The van der Waals surface area contributed by atoms with Gasteiger partial charge >= 0.3 is 5.97 Å². The molecule has 0 aromatic heterocycles. The minimum Gasteiger partial charge on any atom is -0.489 e. The molecule has 3 rings (SSSR count). The summed E-state index contributed by atoms with van der Waals surface area (Å²) in [5.74, 6) is 6.58. The number of para-hydroxylation sites is 1. The van der Waals surface area contributed by atoms with E-state index in [-0.39, 0.29) is 29.8 Å². The van der Waals surface area contributed by atoms with Gasteiger partial charge in [0.25, 0.3) is 0 Å². The highest BCUT2D eigenvalue weighted by Gasteiger charge is 2.48. The highest BCUT2D eigenvalue weighted by molar-refractivity contribution is 5.69. The first-order valence-electron chi connectivity index (χ1n) is 10.8. The number of benzene rings is 1.